The van der Waals surface area contributed by atoms with E-state index in [4.69, 9.17) is 20.6 Å². The molecule has 0 saturated heterocycles. The predicted octanol–water partition coefficient (Wildman–Crippen LogP) is 6.85. The molecule has 0 aliphatic rings. The van der Waals surface area contributed by atoms with E-state index >= 15 is 0 Å². The number of aryl methyl sites for hydroxylation is 5. The third-order valence-electron chi connectivity index (χ3n) is 5.91. The van der Waals surface area contributed by atoms with Gasteiger partial charge in [0.1, 0.15) is 0 Å². The van der Waals surface area contributed by atoms with Crippen molar-refractivity contribution in [3.8, 4) is 17.2 Å². The molecular weight excluding hydrogens is 494 g/mol. The van der Waals surface area contributed by atoms with Crippen LogP contribution in [0.1, 0.15) is 28.1 Å². The number of benzene rings is 3. The zero-order valence-electron chi connectivity index (χ0n) is 20.6. The summed E-state index contributed by atoms with van der Waals surface area (Å²) in [4.78, 5) is 9.47. The van der Waals surface area contributed by atoms with Crippen LogP contribution in [0.5, 0.6) is 17.2 Å². The fourth-order valence-electron chi connectivity index (χ4n) is 4.35. The first-order valence-electron chi connectivity index (χ1n) is 11.7. The van der Waals surface area contributed by atoms with Gasteiger partial charge in [0.05, 0.1) is 0 Å². The van der Waals surface area contributed by atoms with E-state index in [1.165, 1.54) is 5.56 Å². The van der Waals surface area contributed by atoms with Gasteiger partial charge >= 0.3 is 212 Å². The molecule has 0 unspecified atom stereocenters. The summed E-state index contributed by atoms with van der Waals surface area (Å²) in [6.07, 6.45) is 0. The van der Waals surface area contributed by atoms with Crippen LogP contribution in [0, 0.1) is 34.6 Å². The summed E-state index contributed by atoms with van der Waals surface area (Å²) < 4.78 is 19.7. The number of fused-ring (bicyclic) bond motifs is 2. The molecular formula is C29H27GaN2O3. The van der Waals surface area contributed by atoms with E-state index in [0.29, 0.717) is 11.5 Å². The molecule has 0 aliphatic carbocycles. The molecule has 0 atom stereocenters. The van der Waals surface area contributed by atoms with Crippen LogP contribution >= 0.6 is 0 Å². The van der Waals surface area contributed by atoms with Crippen molar-refractivity contribution in [1.82, 2.24) is 9.97 Å². The van der Waals surface area contributed by atoms with Crippen molar-refractivity contribution in [1.29, 1.82) is 0 Å². The average Bonchev–Trinajstić information content (AvgIpc) is 2.82. The van der Waals surface area contributed by atoms with Gasteiger partial charge in [-0.2, -0.15) is 0 Å². The third kappa shape index (κ3) is 4.99. The number of rotatable bonds is 6. The first kappa shape index (κ1) is 23.3. The molecule has 0 amide bonds. The molecule has 6 heteroatoms. The first-order valence-corrected chi connectivity index (χ1v) is 14.6. The Morgan fingerprint density at radius 3 is 1.54 bits per heavy atom. The Morgan fingerprint density at radius 2 is 1.06 bits per heavy atom. The Morgan fingerprint density at radius 1 is 0.571 bits per heavy atom. The van der Waals surface area contributed by atoms with E-state index in [-0.39, 0.29) is 0 Å². The van der Waals surface area contributed by atoms with Gasteiger partial charge in [0.2, 0.25) is 0 Å². The maximum atomic E-state index is 6.58. The molecule has 5 rings (SSSR count). The standard InChI is InChI=1S/2C10H9NO.C9H12O.Ga/c2*1-7-5-6-8-3-2-4-9(12)10(8)11-7;1-6-4-7(2)9(10)8(3)5-6;/h2*2-6,12H,1H3;4-5,10H,1-3H3;/q;;;+3/p-3. The Labute approximate surface area is 212 Å². The molecule has 0 spiro atoms. The van der Waals surface area contributed by atoms with E-state index in [1.54, 1.807) is 0 Å². The van der Waals surface area contributed by atoms with E-state index in [2.05, 4.69) is 45.0 Å². The van der Waals surface area contributed by atoms with Crippen molar-refractivity contribution in [2.24, 2.45) is 0 Å². The Balaban J connectivity index is 1.58. The van der Waals surface area contributed by atoms with Crippen molar-refractivity contribution in [3.63, 3.8) is 0 Å². The van der Waals surface area contributed by atoms with Gasteiger partial charge in [-0.25, -0.2) is 0 Å². The number of hydrogen-bond donors (Lipinski definition) is 0. The minimum atomic E-state index is -3.43. The minimum absolute atomic E-state index is 0.669. The molecule has 0 N–H and O–H groups in total. The number of aromatic nitrogens is 2. The van der Waals surface area contributed by atoms with E-state index in [1.807, 2.05) is 62.4 Å². The van der Waals surface area contributed by atoms with E-state index in [0.717, 1.165) is 50.1 Å². The van der Waals surface area contributed by atoms with Crippen molar-refractivity contribution in [2.75, 3.05) is 0 Å². The molecule has 0 bridgehead atoms. The molecule has 35 heavy (non-hydrogen) atoms. The van der Waals surface area contributed by atoms with E-state index in [9.17, 15) is 0 Å². The molecule has 0 aliphatic heterocycles. The van der Waals surface area contributed by atoms with Crippen LogP contribution in [-0.2, 0) is 0 Å². The normalized spacial score (nSPS) is 11.0. The quantitative estimate of drug-likeness (QED) is 0.229. The van der Waals surface area contributed by atoms with Crippen molar-refractivity contribution >= 4 is 39.1 Å². The van der Waals surface area contributed by atoms with Gasteiger partial charge in [-0.1, -0.05) is 0 Å². The Kier molecular flexibility index (Phi) is 6.41. The molecule has 2 heterocycles. The van der Waals surface area contributed by atoms with Gasteiger partial charge in [0.25, 0.3) is 0 Å². The molecule has 3 aromatic carbocycles. The van der Waals surface area contributed by atoms with Crippen LogP contribution in [0.25, 0.3) is 21.8 Å². The average molecular weight is 521 g/mol. The van der Waals surface area contributed by atoms with Crippen LogP contribution < -0.4 is 10.6 Å². The summed E-state index contributed by atoms with van der Waals surface area (Å²) >= 11 is -3.43. The van der Waals surface area contributed by atoms with Crippen LogP contribution in [0.3, 0.4) is 0 Å². The monoisotopic (exact) mass is 520 g/mol. The summed E-state index contributed by atoms with van der Waals surface area (Å²) in [7, 11) is 0. The first-order chi connectivity index (χ1) is 16.9. The third-order valence-corrected chi connectivity index (χ3v) is 8.68. The number of hydrogen-bond acceptors (Lipinski definition) is 5. The van der Waals surface area contributed by atoms with Crippen molar-refractivity contribution in [3.05, 3.63) is 101 Å². The summed E-state index contributed by atoms with van der Waals surface area (Å²) in [5, 5.41) is 2.03. The fraction of sp³-hybridized carbons (Fsp3) is 0.172. The van der Waals surface area contributed by atoms with Gasteiger partial charge in [-0.05, 0) is 0 Å². The SMILES string of the molecule is Cc1cc(C)c([O][Ga]([O]c2cccc3ccc(C)nc23)[O]c2cccc3ccc(C)nc23)c(C)c1. The second-order valence-electron chi connectivity index (χ2n) is 8.93. The predicted molar refractivity (Wildman–Crippen MR) is 141 cm³/mol. The summed E-state index contributed by atoms with van der Waals surface area (Å²) in [6.45, 7) is 10.2. The molecule has 0 fully saturated rings. The van der Waals surface area contributed by atoms with Gasteiger partial charge in [-0.3, -0.25) is 0 Å². The number of pyridine rings is 2. The molecule has 174 valence electrons. The maximum absolute atomic E-state index is 6.58. The Hall–Kier alpha value is -3.48. The fourth-order valence-corrected chi connectivity index (χ4v) is 7.51. The van der Waals surface area contributed by atoms with Crippen molar-refractivity contribution in [2.45, 2.75) is 34.6 Å². The Bertz CT molecular complexity index is 1440. The topological polar surface area (TPSA) is 53.5 Å². The van der Waals surface area contributed by atoms with Crippen LogP contribution in [0.2, 0.25) is 0 Å². The summed E-state index contributed by atoms with van der Waals surface area (Å²) in [5.74, 6) is 2.15. The van der Waals surface area contributed by atoms with E-state index < -0.39 is 17.3 Å². The zero-order valence-corrected chi connectivity index (χ0v) is 23.0. The second-order valence-corrected chi connectivity index (χ2v) is 11.6. The number of para-hydroxylation sites is 2. The van der Waals surface area contributed by atoms with Gasteiger partial charge in [0, 0.05) is 0 Å². The molecule has 2 aromatic heterocycles. The summed E-state index contributed by atoms with van der Waals surface area (Å²) in [5.41, 5.74) is 6.78. The molecule has 5 nitrogen and oxygen atoms in total. The van der Waals surface area contributed by atoms with Gasteiger partial charge < -0.3 is 0 Å². The number of nitrogens with zero attached hydrogens (tertiary/aromatic N) is 2. The van der Waals surface area contributed by atoms with Crippen LogP contribution in [0.15, 0.2) is 72.8 Å². The van der Waals surface area contributed by atoms with Crippen LogP contribution in [0.4, 0.5) is 0 Å². The van der Waals surface area contributed by atoms with Crippen LogP contribution in [-0.4, -0.2) is 27.3 Å². The van der Waals surface area contributed by atoms with Gasteiger partial charge in [0.15, 0.2) is 0 Å². The second kappa shape index (κ2) is 9.64. The molecule has 0 radical (unpaired) electrons. The molecule has 5 aromatic rings. The van der Waals surface area contributed by atoms with Crippen molar-refractivity contribution < 1.29 is 10.6 Å². The van der Waals surface area contributed by atoms with Gasteiger partial charge in [-0.15, -0.1) is 0 Å². The summed E-state index contributed by atoms with van der Waals surface area (Å²) in [6, 6.07) is 24.2. The molecule has 0 saturated carbocycles. The zero-order chi connectivity index (χ0) is 24.5.